The molecule has 1 heterocycles. The molecule has 1 aromatic heterocycles. The summed E-state index contributed by atoms with van der Waals surface area (Å²) < 4.78 is 1.96. The topological polar surface area (TPSA) is 54.2 Å². The van der Waals surface area contributed by atoms with Crippen molar-refractivity contribution in [2.45, 2.75) is 39.3 Å². The molecule has 0 aliphatic carbocycles. The van der Waals surface area contributed by atoms with Gasteiger partial charge in [-0.25, -0.2) is 0 Å². The number of nitrogens with one attached hydrogen (secondary N) is 2. The van der Waals surface area contributed by atoms with Crippen LogP contribution in [-0.4, -0.2) is 35.4 Å². The maximum atomic E-state index is 4.32. The van der Waals surface area contributed by atoms with E-state index in [1.54, 1.807) is 0 Å². The lowest BCUT2D eigenvalue weighted by Crippen LogP contribution is -2.44. The Kier molecular flexibility index (Phi) is 10.2. The van der Waals surface area contributed by atoms with Crippen molar-refractivity contribution in [1.29, 1.82) is 0 Å². The zero-order valence-corrected chi connectivity index (χ0v) is 17.7. The highest BCUT2D eigenvalue weighted by Crippen LogP contribution is 2.04. The lowest BCUT2D eigenvalue weighted by atomic mass is 10.1. The van der Waals surface area contributed by atoms with Gasteiger partial charge in [0.05, 0.1) is 0 Å². The Morgan fingerprint density at radius 2 is 1.96 bits per heavy atom. The van der Waals surface area contributed by atoms with E-state index in [1.807, 2.05) is 30.2 Å². The van der Waals surface area contributed by atoms with E-state index >= 15 is 0 Å². The minimum atomic E-state index is 0. The highest BCUT2D eigenvalue weighted by molar-refractivity contribution is 14.0. The van der Waals surface area contributed by atoms with Gasteiger partial charge in [-0.15, -0.1) is 24.0 Å². The lowest BCUT2D eigenvalue weighted by Gasteiger charge is -2.20. The fraction of sp³-hybridized carbons (Fsp3) is 0.474. The van der Waals surface area contributed by atoms with E-state index in [2.05, 4.69) is 64.9 Å². The normalized spacial score (nSPS) is 13.6. The summed E-state index contributed by atoms with van der Waals surface area (Å²) in [7, 11) is 1.82. The number of aliphatic imine (C=N–C) groups is 1. The maximum Gasteiger partial charge on any atom is 0.191 e. The summed E-state index contributed by atoms with van der Waals surface area (Å²) in [5.41, 5.74) is 1.38. The summed E-state index contributed by atoms with van der Waals surface area (Å²) in [4.78, 5) is 4.32. The Morgan fingerprint density at radius 3 is 2.60 bits per heavy atom. The first kappa shape index (κ1) is 21.5. The number of halogens is 1. The molecule has 5 nitrogen and oxygen atoms in total. The second kappa shape index (κ2) is 11.9. The van der Waals surface area contributed by atoms with Crippen molar-refractivity contribution in [3.8, 4) is 0 Å². The van der Waals surface area contributed by atoms with E-state index in [4.69, 9.17) is 0 Å². The summed E-state index contributed by atoms with van der Waals surface area (Å²) in [6.45, 7) is 6.18. The minimum Gasteiger partial charge on any atom is -0.356 e. The second-order valence-corrected chi connectivity index (χ2v) is 6.36. The molecule has 2 N–H and O–H groups in total. The molecule has 0 aliphatic heterocycles. The van der Waals surface area contributed by atoms with Gasteiger partial charge in [0.1, 0.15) is 0 Å². The van der Waals surface area contributed by atoms with Crippen LogP contribution in [0.25, 0.3) is 0 Å². The fourth-order valence-corrected chi connectivity index (χ4v) is 2.59. The number of hydrogen-bond acceptors (Lipinski definition) is 2. The predicted molar refractivity (Wildman–Crippen MR) is 116 cm³/mol. The molecule has 2 rings (SSSR count). The molecular weight excluding hydrogens is 425 g/mol. The van der Waals surface area contributed by atoms with Gasteiger partial charge in [0.2, 0.25) is 0 Å². The third kappa shape index (κ3) is 8.38. The van der Waals surface area contributed by atoms with Crippen molar-refractivity contribution in [3.05, 3.63) is 54.4 Å². The first-order valence-electron chi connectivity index (χ1n) is 8.66. The third-order valence-corrected chi connectivity index (χ3v) is 3.99. The van der Waals surface area contributed by atoms with E-state index in [-0.39, 0.29) is 24.0 Å². The van der Waals surface area contributed by atoms with E-state index in [0.29, 0.717) is 12.0 Å². The largest absolute Gasteiger partial charge is 0.356 e. The molecule has 0 saturated carbocycles. The predicted octanol–water partition coefficient (Wildman–Crippen LogP) is 3.32. The Balaban J connectivity index is 0.00000312. The Hall–Kier alpha value is -1.57. The zero-order valence-electron chi connectivity index (χ0n) is 15.4. The number of nitrogens with zero attached hydrogens (tertiary/aromatic N) is 3. The van der Waals surface area contributed by atoms with Crippen LogP contribution in [-0.2, 0) is 13.0 Å². The van der Waals surface area contributed by atoms with Crippen LogP contribution in [0, 0.1) is 5.92 Å². The standard InChI is InChI=1S/C19H29N5.HI/c1-16(15-24-13-7-12-22-24)14-21-19(20-3)23-17(2)10-11-18-8-5-4-6-9-18;/h4-9,12-13,16-17H,10-11,14-15H2,1-3H3,(H2,20,21,23);1H. The second-order valence-electron chi connectivity index (χ2n) is 6.36. The molecule has 1 aromatic carbocycles. The van der Waals surface area contributed by atoms with Crippen LogP contribution in [0.1, 0.15) is 25.8 Å². The molecule has 0 radical (unpaired) electrons. The average Bonchev–Trinajstić information content (AvgIpc) is 3.10. The molecule has 2 aromatic rings. The molecule has 25 heavy (non-hydrogen) atoms. The number of rotatable bonds is 8. The summed E-state index contributed by atoms with van der Waals surface area (Å²) in [6, 6.07) is 12.9. The van der Waals surface area contributed by atoms with E-state index in [0.717, 1.165) is 31.9 Å². The Bertz CT molecular complexity index is 598. The van der Waals surface area contributed by atoms with Crippen molar-refractivity contribution in [2.75, 3.05) is 13.6 Å². The molecule has 2 atom stereocenters. The van der Waals surface area contributed by atoms with E-state index in [9.17, 15) is 0 Å². The van der Waals surface area contributed by atoms with Crippen molar-refractivity contribution < 1.29 is 0 Å². The quantitative estimate of drug-likeness (QED) is 0.365. The van der Waals surface area contributed by atoms with Crippen molar-refractivity contribution in [2.24, 2.45) is 10.9 Å². The van der Waals surface area contributed by atoms with Gasteiger partial charge in [-0.1, -0.05) is 37.3 Å². The molecule has 2 unspecified atom stereocenters. The maximum absolute atomic E-state index is 4.32. The minimum absolute atomic E-state index is 0. The third-order valence-electron chi connectivity index (χ3n) is 3.99. The number of aryl methyl sites for hydroxylation is 1. The lowest BCUT2D eigenvalue weighted by molar-refractivity contribution is 0.442. The molecule has 0 spiro atoms. The molecule has 0 bridgehead atoms. The first-order chi connectivity index (χ1) is 11.7. The SMILES string of the molecule is CN=C(NCC(C)Cn1cccn1)NC(C)CCc1ccccc1.I. The van der Waals surface area contributed by atoms with Gasteiger partial charge in [-0.3, -0.25) is 9.67 Å². The Labute approximate surface area is 168 Å². The van der Waals surface area contributed by atoms with Gasteiger partial charge in [0.25, 0.3) is 0 Å². The van der Waals surface area contributed by atoms with Crippen molar-refractivity contribution >= 4 is 29.9 Å². The molecule has 0 fully saturated rings. The highest BCUT2D eigenvalue weighted by Gasteiger charge is 2.08. The van der Waals surface area contributed by atoms with Crippen LogP contribution in [0.5, 0.6) is 0 Å². The molecular formula is C19H30IN5. The summed E-state index contributed by atoms with van der Waals surface area (Å²) in [5, 5.41) is 11.1. The van der Waals surface area contributed by atoms with Gasteiger partial charge in [-0.2, -0.15) is 5.10 Å². The molecule has 0 saturated heterocycles. The summed E-state index contributed by atoms with van der Waals surface area (Å²) in [5.74, 6) is 1.34. The van der Waals surface area contributed by atoms with Gasteiger partial charge >= 0.3 is 0 Å². The number of benzene rings is 1. The number of guanidine groups is 1. The highest BCUT2D eigenvalue weighted by atomic mass is 127. The first-order valence-corrected chi connectivity index (χ1v) is 8.66. The molecule has 0 amide bonds. The van der Waals surface area contributed by atoms with Crippen LogP contribution in [0.2, 0.25) is 0 Å². The Morgan fingerprint density at radius 1 is 1.20 bits per heavy atom. The van der Waals surface area contributed by atoms with Gasteiger partial charge in [0.15, 0.2) is 5.96 Å². The molecule has 0 aliphatic rings. The van der Waals surface area contributed by atoms with Crippen molar-refractivity contribution in [3.63, 3.8) is 0 Å². The molecule has 138 valence electrons. The number of hydrogen-bond donors (Lipinski definition) is 2. The van der Waals surface area contributed by atoms with Crippen LogP contribution in [0.3, 0.4) is 0 Å². The van der Waals surface area contributed by atoms with Gasteiger partial charge in [-0.05, 0) is 37.3 Å². The smallest absolute Gasteiger partial charge is 0.191 e. The van der Waals surface area contributed by atoms with Crippen LogP contribution in [0.15, 0.2) is 53.8 Å². The van der Waals surface area contributed by atoms with Gasteiger partial charge < -0.3 is 10.6 Å². The average molecular weight is 455 g/mol. The fourth-order valence-electron chi connectivity index (χ4n) is 2.59. The van der Waals surface area contributed by atoms with Crippen LogP contribution < -0.4 is 10.6 Å². The zero-order chi connectivity index (χ0) is 17.2. The van der Waals surface area contributed by atoms with Crippen LogP contribution >= 0.6 is 24.0 Å². The number of aromatic nitrogens is 2. The monoisotopic (exact) mass is 455 g/mol. The van der Waals surface area contributed by atoms with Crippen molar-refractivity contribution in [1.82, 2.24) is 20.4 Å². The van der Waals surface area contributed by atoms with Crippen LogP contribution in [0.4, 0.5) is 0 Å². The van der Waals surface area contributed by atoms with E-state index in [1.165, 1.54) is 5.56 Å². The van der Waals surface area contributed by atoms with Gasteiger partial charge in [0, 0.05) is 38.6 Å². The van der Waals surface area contributed by atoms with E-state index < -0.39 is 0 Å². The summed E-state index contributed by atoms with van der Waals surface area (Å²) >= 11 is 0. The molecule has 6 heteroatoms. The summed E-state index contributed by atoms with van der Waals surface area (Å²) in [6.07, 6.45) is 5.96.